The number of methoxy groups -OCH3 is 1. The van der Waals surface area contributed by atoms with Gasteiger partial charge >= 0.3 is 0 Å². The summed E-state index contributed by atoms with van der Waals surface area (Å²) in [6.07, 6.45) is 0. The molecule has 1 rings (SSSR count). The number of nitrogens with two attached hydrogens (primary N) is 1. The third kappa shape index (κ3) is 2.05. The van der Waals surface area contributed by atoms with Crippen molar-refractivity contribution in [1.29, 1.82) is 0 Å². The zero-order valence-corrected chi connectivity index (χ0v) is 8.32. The average molecular weight is 220 g/mol. The van der Waals surface area contributed by atoms with E-state index in [-0.39, 0.29) is 10.6 Å². The minimum Gasteiger partial charge on any atom is -0.496 e. The van der Waals surface area contributed by atoms with Gasteiger partial charge in [-0.3, -0.25) is 4.79 Å². The molecule has 2 N–H and O–H groups in total. The van der Waals surface area contributed by atoms with Gasteiger partial charge in [-0.05, 0) is 17.7 Å². The van der Waals surface area contributed by atoms with Crippen molar-refractivity contribution in [2.75, 3.05) is 12.8 Å². The van der Waals surface area contributed by atoms with Crippen LogP contribution in [0.1, 0.15) is 10.4 Å². The Kier molecular flexibility index (Phi) is 3.01. The first kappa shape index (κ1) is 10.2. The van der Waals surface area contributed by atoms with Gasteiger partial charge in [-0.25, -0.2) is 0 Å². The van der Waals surface area contributed by atoms with Crippen molar-refractivity contribution >= 4 is 34.1 Å². The van der Waals surface area contributed by atoms with Crippen LogP contribution in [0.15, 0.2) is 12.1 Å². The lowest BCUT2D eigenvalue weighted by molar-refractivity contribution is 0.107. The first-order chi connectivity index (χ1) is 6.06. The summed E-state index contributed by atoms with van der Waals surface area (Å²) in [4.78, 5) is 10.9. The zero-order valence-electron chi connectivity index (χ0n) is 6.80. The molecule has 1 aromatic rings. The fraction of sp³-hybridized carbons (Fsp3) is 0.125. The predicted molar refractivity (Wildman–Crippen MR) is 52.6 cm³/mol. The van der Waals surface area contributed by atoms with E-state index in [1.165, 1.54) is 19.2 Å². The van der Waals surface area contributed by atoms with Crippen molar-refractivity contribution in [3.05, 3.63) is 22.7 Å². The largest absolute Gasteiger partial charge is 0.496 e. The maximum atomic E-state index is 10.9. The fourth-order valence-corrected chi connectivity index (χ4v) is 1.20. The highest BCUT2D eigenvalue weighted by Gasteiger charge is 2.12. The number of halogens is 2. The van der Waals surface area contributed by atoms with Crippen molar-refractivity contribution in [1.82, 2.24) is 0 Å². The molecule has 0 aliphatic heterocycles. The van der Waals surface area contributed by atoms with Gasteiger partial charge in [0.25, 0.3) is 5.24 Å². The lowest BCUT2D eigenvalue weighted by atomic mass is 10.2. The van der Waals surface area contributed by atoms with Gasteiger partial charge in [-0.15, -0.1) is 0 Å². The van der Waals surface area contributed by atoms with Crippen molar-refractivity contribution in [2.45, 2.75) is 0 Å². The van der Waals surface area contributed by atoms with Crippen LogP contribution in [0.4, 0.5) is 5.69 Å². The summed E-state index contributed by atoms with van der Waals surface area (Å²) in [5.41, 5.74) is 6.06. The van der Waals surface area contributed by atoms with E-state index in [0.29, 0.717) is 11.4 Å². The molecule has 70 valence electrons. The van der Waals surface area contributed by atoms with E-state index >= 15 is 0 Å². The van der Waals surface area contributed by atoms with Crippen LogP contribution in [-0.2, 0) is 0 Å². The number of anilines is 1. The van der Waals surface area contributed by atoms with Crippen LogP contribution in [0.3, 0.4) is 0 Å². The van der Waals surface area contributed by atoms with E-state index in [1.54, 1.807) is 0 Å². The van der Waals surface area contributed by atoms with E-state index in [1.807, 2.05) is 0 Å². The molecule has 0 fully saturated rings. The quantitative estimate of drug-likeness (QED) is 0.614. The number of carbonyl (C=O) groups is 1. The van der Waals surface area contributed by atoms with Crippen LogP contribution in [0.5, 0.6) is 5.75 Å². The molecule has 0 aromatic heterocycles. The second-order valence-corrected chi connectivity index (χ2v) is 3.10. The van der Waals surface area contributed by atoms with E-state index in [0.717, 1.165) is 0 Å². The molecule has 0 bridgehead atoms. The van der Waals surface area contributed by atoms with Gasteiger partial charge in [0, 0.05) is 6.07 Å². The van der Waals surface area contributed by atoms with Gasteiger partial charge in [-0.1, -0.05) is 11.6 Å². The molecule has 0 heterocycles. The van der Waals surface area contributed by atoms with Crippen LogP contribution in [0.25, 0.3) is 0 Å². The third-order valence-electron chi connectivity index (χ3n) is 1.53. The minimum atomic E-state index is -0.626. The first-order valence-electron chi connectivity index (χ1n) is 3.39. The highest BCUT2D eigenvalue weighted by Crippen LogP contribution is 2.29. The van der Waals surface area contributed by atoms with Crippen molar-refractivity contribution in [3.8, 4) is 5.75 Å². The normalized spacial score (nSPS) is 9.77. The predicted octanol–water partition coefficient (Wildman–Crippen LogP) is 2.31. The zero-order chi connectivity index (χ0) is 10.0. The van der Waals surface area contributed by atoms with Crippen molar-refractivity contribution in [2.24, 2.45) is 0 Å². The molecule has 3 nitrogen and oxygen atoms in total. The Morgan fingerprint density at radius 3 is 2.62 bits per heavy atom. The van der Waals surface area contributed by atoms with E-state index in [2.05, 4.69) is 0 Å². The number of hydrogen-bond donors (Lipinski definition) is 1. The molecule has 0 saturated carbocycles. The average Bonchev–Trinajstić information content (AvgIpc) is 2.08. The van der Waals surface area contributed by atoms with Crippen LogP contribution < -0.4 is 10.5 Å². The topological polar surface area (TPSA) is 52.3 Å². The number of rotatable bonds is 2. The summed E-state index contributed by atoms with van der Waals surface area (Å²) < 4.78 is 4.90. The Bertz CT molecular complexity index is 352. The van der Waals surface area contributed by atoms with Crippen LogP contribution in [0, 0.1) is 0 Å². The number of nitrogen functional groups attached to an aromatic ring is 1. The Morgan fingerprint density at radius 1 is 1.54 bits per heavy atom. The van der Waals surface area contributed by atoms with Crippen LogP contribution in [-0.4, -0.2) is 12.4 Å². The molecule has 0 aliphatic carbocycles. The number of benzene rings is 1. The summed E-state index contributed by atoms with van der Waals surface area (Å²) in [5, 5.41) is -0.344. The van der Waals surface area contributed by atoms with E-state index in [9.17, 15) is 4.79 Å². The second kappa shape index (κ2) is 3.85. The van der Waals surface area contributed by atoms with Crippen LogP contribution in [0.2, 0.25) is 5.02 Å². The van der Waals surface area contributed by atoms with Crippen LogP contribution >= 0.6 is 23.2 Å². The van der Waals surface area contributed by atoms with Crippen molar-refractivity contribution < 1.29 is 9.53 Å². The highest BCUT2D eigenvalue weighted by molar-refractivity contribution is 6.68. The Labute approximate surface area is 85.4 Å². The molecule has 0 radical (unpaired) electrons. The molecule has 1 aromatic carbocycles. The van der Waals surface area contributed by atoms with Gasteiger partial charge in [0.2, 0.25) is 0 Å². The summed E-state index contributed by atoms with van der Waals surface area (Å²) in [6, 6.07) is 2.84. The summed E-state index contributed by atoms with van der Waals surface area (Å²) >= 11 is 11.0. The summed E-state index contributed by atoms with van der Waals surface area (Å²) in [6.45, 7) is 0. The Balaban J connectivity index is 3.33. The molecule has 0 atom stereocenters. The highest BCUT2D eigenvalue weighted by atomic mass is 35.5. The van der Waals surface area contributed by atoms with Gasteiger partial charge < -0.3 is 10.5 Å². The number of ether oxygens (including phenoxy) is 1. The Morgan fingerprint density at radius 2 is 2.15 bits per heavy atom. The third-order valence-corrected chi connectivity index (χ3v) is 2.06. The van der Waals surface area contributed by atoms with E-state index < -0.39 is 5.24 Å². The molecule has 0 unspecified atom stereocenters. The van der Waals surface area contributed by atoms with Gasteiger partial charge in [0.05, 0.1) is 23.4 Å². The van der Waals surface area contributed by atoms with Gasteiger partial charge in [-0.2, -0.15) is 0 Å². The first-order valence-corrected chi connectivity index (χ1v) is 4.14. The van der Waals surface area contributed by atoms with Crippen molar-refractivity contribution in [3.63, 3.8) is 0 Å². The molecule has 13 heavy (non-hydrogen) atoms. The van der Waals surface area contributed by atoms with E-state index in [4.69, 9.17) is 33.7 Å². The molecule has 0 spiro atoms. The Hall–Kier alpha value is -0.930. The maximum Gasteiger partial charge on any atom is 0.256 e. The molecule has 0 saturated heterocycles. The fourth-order valence-electron chi connectivity index (χ4n) is 0.892. The lowest BCUT2D eigenvalue weighted by Crippen LogP contribution is -1.97. The summed E-state index contributed by atoms with van der Waals surface area (Å²) in [5.74, 6) is 0.321. The standard InChI is InChI=1S/C8H7Cl2NO2/c1-13-7-3-6(11)5(9)2-4(7)8(10)12/h2-3H,11H2,1H3. The monoisotopic (exact) mass is 219 g/mol. The molecule has 0 aliphatic rings. The smallest absolute Gasteiger partial charge is 0.256 e. The number of hydrogen-bond acceptors (Lipinski definition) is 3. The SMILES string of the molecule is COc1cc(N)c(Cl)cc1C(=O)Cl. The molecule has 5 heteroatoms. The summed E-state index contributed by atoms with van der Waals surface area (Å²) in [7, 11) is 1.42. The molecule has 0 amide bonds. The molecular formula is C8H7Cl2NO2. The lowest BCUT2D eigenvalue weighted by Gasteiger charge is -2.06. The second-order valence-electron chi connectivity index (χ2n) is 2.35. The minimum absolute atomic E-state index is 0.211. The van der Waals surface area contributed by atoms with Gasteiger partial charge in [0.15, 0.2) is 0 Å². The van der Waals surface area contributed by atoms with Gasteiger partial charge in [0.1, 0.15) is 5.75 Å². The maximum absolute atomic E-state index is 10.9. The number of carbonyl (C=O) groups excluding carboxylic acids is 1. The molecular weight excluding hydrogens is 213 g/mol.